The molecule has 0 spiro atoms. The molecular weight excluding hydrogens is 406 g/mol. The van der Waals surface area contributed by atoms with Crippen molar-refractivity contribution < 1.29 is 23.8 Å². The molecule has 9 heteroatoms. The highest BCUT2D eigenvalue weighted by molar-refractivity contribution is 7.99. The van der Waals surface area contributed by atoms with E-state index in [0.717, 1.165) is 28.6 Å². The molecule has 0 unspecified atom stereocenters. The lowest BCUT2D eigenvalue weighted by Crippen LogP contribution is -2.14. The average Bonchev–Trinajstić information content (AvgIpc) is 3.13. The smallest absolute Gasteiger partial charge is 0.307 e. The summed E-state index contributed by atoms with van der Waals surface area (Å²) in [5.74, 6) is 0.00894. The Morgan fingerprint density at radius 3 is 2.47 bits per heavy atom. The summed E-state index contributed by atoms with van der Waals surface area (Å²) in [5, 5.41) is 19.6. The van der Waals surface area contributed by atoms with E-state index in [1.807, 2.05) is 26.0 Å². The normalized spacial score (nSPS) is 10.6. The van der Waals surface area contributed by atoms with Gasteiger partial charge in [-0.05, 0) is 54.8 Å². The molecule has 1 amide bonds. The van der Waals surface area contributed by atoms with Gasteiger partial charge < -0.3 is 19.6 Å². The third-order valence-corrected chi connectivity index (χ3v) is 4.74. The molecule has 0 saturated carbocycles. The second-order valence-electron chi connectivity index (χ2n) is 6.68. The Morgan fingerprint density at radius 2 is 1.80 bits per heavy atom. The Kier molecular flexibility index (Phi) is 7.08. The first-order chi connectivity index (χ1) is 14.4. The van der Waals surface area contributed by atoms with E-state index in [0.29, 0.717) is 17.1 Å². The van der Waals surface area contributed by atoms with Gasteiger partial charge in [-0.25, -0.2) is 0 Å². The number of thioether (sulfide) groups is 1. The van der Waals surface area contributed by atoms with Crippen LogP contribution in [0.4, 0.5) is 5.69 Å². The number of nitrogens with zero attached hydrogens (tertiary/aromatic N) is 2. The largest absolute Gasteiger partial charge is 0.484 e. The zero-order valence-corrected chi connectivity index (χ0v) is 17.4. The van der Waals surface area contributed by atoms with E-state index in [2.05, 4.69) is 21.6 Å². The number of amides is 1. The number of aromatic nitrogens is 2. The first-order valence-corrected chi connectivity index (χ1v) is 10.1. The number of anilines is 1. The summed E-state index contributed by atoms with van der Waals surface area (Å²) in [7, 11) is 0. The lowest BCUT2D eigenvalue weighted by Gasteiger charge is -2.06. The number of nitrogens with one attached hydrogen (secondary N) is 1. The van der Waals surface area contributed by atoms with Gasteiger partial charge in [0.15, 0.2) is 6.61 Å². The van der Waals surface area contributed by atoms with Crippen LogP contribution >= 0.6 is 11.8 Å². The van der Waals surface area contributed by atoms with Crippen LogP contribution in [0.1, 0.15) is 22.6 Å². The van der Waals surface area contributed by atoms with Crippen LogP contribution in [0.15, 0.2) is 52.1 Å². The molecule has 3 rings (SSSR count). The minimum absolute atomic E-state index is 0.0588. The number of hydrogen-bond acceptors (Lipinski definition) is 7. The summed E-state index contributed by atoms with van der Waals surface area (Å²) in [4.78, 5) is 22.8. The van der Waals surface area contributed by atoms with E-state index in [-0.39, 0.29) is 29.9 Å². The van der Waals surface area contributed by atoms with E-state index < -0.39 is 5.97 Å². The molecule has 8 nitrogen and oxygen atoms in total. The fraction of sp³-hybridized carbons (Fsp3) is 0.238. The standard InChI is InChI=1S/C21H21N3O5S/c1-13-7-14(2)9-17(8-13)28-11-19-23-24-21(29-19)30-12-18(25)22-16-5-3-15(4-6-16)10-20(26)27/h3-9H,10-12H2,1-2H3,(H,22,25)(H,26,27). The maximum absolute atomic E-state index is 12.1. The molecule has 0 aliphatic rings. The summed E-state index contributed by atoms with van der Waals surface area (Å²) >= 11 is 1.12. The number of rotatable bonds is 9. The summed E-state index contributed by atoms with van der Waals surface area (Å²) in [6.07, 6.45) is -0.0588. The number of ether oxygens (including phenoxy) is 1. The second-order valence-corrected chi connectivity index (χ2v) is 7.60. The molecule has 156 valence electrons. The van der Waals surface area contributed by atoms with Crippen LogP contribution in [-0.2, 0) is 22.6 Å². The molecular formula is C21H21N3O5S. The average molecular weight is 427 g/mol. The lowest BCUT2D eigenvalue weighted by atomic mass is 10.1. The van der Waals surface area contributed by atoms with Gasteiger partial charge in [-0.15, -0.1) is 10.2 Å². The Morgan fingerprint density at radius 1 is 1.10 bits per heavy atom. The highest BCUT2D eigenvalue weighted by atomic mass is 32.2. The predicted molar refractivity (Wildman–Crippen MR) is 112 cm³/mol. The van der Waals surface area contributed by atoms with Crippen molar-refractivity contribution in [1.29, 1.82) is 0 Å². The monoisotopic (exact) mass is 427 g/mol. The molecule has 0 saturated heterocycles. The van der Waals surface area contributed by atoms with Crippen LogP contribution in [0.3, 0.4) is 0 Å². The number of carbonyl (C=O) groups excluding carboxylic acids is 1. The minimum Gasteiger partial charge on any atom is -0.484 e. The third kappa shape index (κ3) is 6.63. The Hall–Kier alpha value is -3.33. The van der Waals surface area contributed by atoms with Gasteiger partial charge in [0, 0.05) is 5.69 Å². The maximum Gasteiger partial charge on any atom is 0.307 e. The SMILES string of the molecule is Cc1cc(C)cc(OCc2nnc(SCC(=O)Nc3ccc(CC(=O)O)cc3)o2)c1. The van der Waals surface area contributed by atoms with Crippen molar-refractivity contribution in [2.75, 3.05) is 11.1 Å². The molecule has 0 fully saturated rings. The third-order valence-electron chi connectivity index (χ3n) is 3.93. The molecule has 3 aromatic rings. The molecule has 0 aliphatic heterocycles. The fourth-order valence-electron chi connectivity index (χ4n) is 2.72. The summed E-state index contributed by atoms with van der Waals surface area (Å²) in [6, 6.07) is 12.6. The van der Waals surface area contributed by atoms with Gasteiger partial charge in [-0.1, -0.05) is 30.0 Å². The minimum atomic E-state index is -0.901. The first-order valence-electron chi connectivity index (χ1n) is 9.14. The molecule has 2 N–H and O–H groups in total. The topological polar surface area (TPSA) is 115 Å². The molecule has 1 aromatic heterocycles. The van der Waals surface area contributed by atoms with Crippen molar-refractivity contribution in [3.05, 3.63) is 65.0 Å². The summed E-state index contributed by atoms with van der Waals surface area (Å²) < 4.78 is 11.2. The van der Waals surface area contributed by atoms with Crippen LogP contribution in [0, 0.1) is 13.8 Å². The van der Waals surface area contributed by atoms with Gasteiger partial charge in [0.05, 0.1) is 12.2 Å². The van der Waals surface area contributed by atoms with Crippen LogP contribution in [0.5, 0.6) is 5.75 Å². The molecule has 0 aliphatic carbocycles. The summed E-state index contributed by atoms with van der Waals surface area (Å²) in [6.45, 7) is 4.14. The van der Waals surface area contributed by atoms with Crippen LogP contribution in [0.25, 0.3) is 0 Å². The molecule has 0 bridgehead atoms. The number of hydrogen-bond donors (Lipinski definition) is 2. The van der Waals surface area contributed by atoms with E-state index in [1.54, 1.807) is 24.3 Å². The van der Waals surface area contributed by atoms with Crippen molar-refractivity contribution >= 4 is 29.3 Å². The van der Waals surface area contributed by atoms with Gasteiger partial charge in [-0.2, -0.15) is 0 Å². The summed E-state index contributed by atoms with van der Waals surface area (Å²) in [5.41, 5.74) is 3.46. The number of benzene rings is 2. The zero-order valence-electron chi connectivity index (χ0n) is 16.5. The first kappa shape index (κ1) is 21.4. The lowest BCUT2D eigenvalue weighted by molar-refractivity contribution is -0.136. The Labute approximate surface area is 177 Å². The number of carboxylic acids is 1. The van der Waals surface area contributed by atoms with Gasteiger partial charge in [0.1, 0.15) is 5.75 Å². The van der Waals surface area contributed by atoms with Gasteiger partial charge in [0.25, 0.3) is 11.1 Å². The van der Waals surface area contributed by atoms with Crippen LogP contribution < -0.4 is 10.1 Å². The van der Waals surface area contributed by atoms with E-state index in [4.69, 9.17) is 14.3 Å². The second kappa shape index (κ2) is 9.93. The number of carboxylic acid groups (broad SMARTS) is 1. The molecule has 30 heavy (non-hydrogen) atoms. The van der Waals surface area contributed by atoms with Gasteiger partial charge >= 0.3 is 5.97 Å². The van der Waals surface area contributed by atoms with Crippen LogP contribution in [-0.4, -0.2) is 32.9 Å². The maximum atomic E-state index is 12.1. The highest BCUT2D eigenvalue weighted by Crippen LogP contribution is 2.20. The van der Waals surface area contributed by atoms with Crippen molar-refractivity contribution in [1.82, 2.24) is 10.2 Å². The molecule has 0 radical (unpaired) electrons. The fourth-order valence-corrected chi connectivity index (χ4v) is 3.30. The van der Waals surface area contributed by atoms with E-state index in [1.165, 1.54) is 0 Å². The zero-order chi connectivity index (χ0) is 21.5. The van der Waals surface area contributed by atoms with Gasteiger partial charge in [0.2, 0.25) is 5.91 Å². The van der Waals surface area contributed by atoms with E-state index >= 15 is 0 Å². The van der Waals surface area contributed by atoms with Crippen LogP contribution in [0.2, 0.25) is 0 Å². The van der Waals surface area contributed by atoms with E-state index in [9.17, 15) is 9.59 Å². The quantitative estimate of drug-likeness (QED) is 0.498. The molecule has 0 atom stereocenters. The molecule has 2 aromatic carbocycles. The van der Waals surface area contributed by atoms with Crippen molar-refractivity contribution in [2.24, 2.45) is 0 Å². The predicted octanol–water partition coefficient (Wildman–Crippen LogP) is 3.62. The van der Waals surface area contributed by atoms with Crippen molar-refractivity contribution in [2.45, 2.75) is 32.1 Å². The highest BCUT2D eigenvalue weighted by Gasteiger charge is 2.11. The Balaban J connectivity index is 1.45. The van der Waals surface area contributed by atoms with Crippen molar-refractivity contribution in [3.63, 3.8) is 0 Å². The number of carbonyl (C=O) groups is 2. The van der Waals surface area contributed by atoms with Crippen molar-refractivity contribution in [3.8, 4) is 5.75 Å². The Bertz CT molecular complexity index is 1010. The molecule has 1 heterocycles. The number of aryl methyl sites for hydroxylation is 2. The van der Waals surface area contributed by atoms with Gasteiger partial charge in [-0.3, -0.25) is 9.59 Å². The number of aliphatic carboxylic acids is 1.